The highest BCUT2D eigenvalue weighted by molar-refractivity contribution is 4.71. The second-order valence-electron chi connectivity index (χ2n) is 7.62. The monoisotopic (exact) mass is 296 g/mol. The quantitative estimate of drug-likeness (QED) is 0.286. The Morgan fingerprint density at radius 3 is 1.90 bits per heavy atom. The van der Waals surface area contributed by atoms with Crippen LogP contribution < -0.4 is 0 Å². The van der Waals surface area contributed by atoms with Gasteiger partial charge in [-0.05, 0) is 30.1 Å². The van der Waals surface area contributed by atoms with Crippen LogP contribution in [0.25, 0.3) is 0 Å². The molecule has 128 valence electrons. The summed E-state index contributed by atoms with van der Waals surface area (Å²) >= 11 is 0. The van der Waals surface area contributed by atoms with Crippen LogP contribution in [0.3, 0.4) is 0 Å². The fourth-order valence-corrected chi connectivity index (χ4v) is 3.82. The topological polar surface area (TPSA) is 0 Å². The van der Waals surface area contributed by atoms with Gasteiger partial charge in [0.2, 0.25) is 0 Å². The van der Waals surface area contributed by atoms with Gasteiger partial charge < -0.3 is 0 Å². The van der Waals surface area contributed by atoms with Crippen LogP contribution in [0.2, 0.25) is 0 Å². The van der Waals surface area contributed by atoms with Crippen molar-refractivity contribution < 1.29 is 0 Å². The fourth-order valence-electron chi connectivity index (χ4n) is 3.82. The van der Waals surface area contributed by atoms with E-state index in [1.165, 1.54) is 70.6 Å². The van der Waals surface area contributed by atoms with Crippen LogP contribution in [0.4, 0.5) is 0 Å². The molecular weight excluding hydrogens is 252 g/mol. The maximum absolute atomic E-state index is 2.52. The van der Waals surface area contributed by atoms with Gasteiger partial charge in [-0.2, -0.15) is 0 Å². The van der Waals surface area contributed by atoms with Crippen molar-refractivity contribution >= 4 is 0 Å². The van der Waals surface area contributed by atoms with E-state index in [-0.39, 0.29) is 0 Å². The molecule has 0 radical (unpaired) electrons. The number of rotatable bonds is 14. The maximum Gasteiger partial charge on any atom is -0.0388 e. The van der Waals surface area contributed by atoms with Crippen molar-refractivity contribution in [1.29, 1.82) is 0 Å². The lowest BCUT2D eigenvalue weighted by atomic mass is 9.78. The fraction of sp³-hybridized carbons (Fsp3) is 1.00. The smallest absolute Gasteiger partial charge is 0.0388 e. The minimum Gasteiger partial charge on any atom is -0.0654 e. The van der Waals surface area contributed by atoms with Crippen molar-refractivity contribution in [2.45, 2.75) is 112 Å². The molecule has 0 heteroatoms. The predicted molar refractivity (Wildman–Crippen MR) is 98.8 cm³/mol. The molecule has 0 aliphatic heterocycles. The van der Waals surface area contributed by atoms with Crippen LogP contribution in [0.1, 0.15) is 112 Å². The van der Waals surface area contributed by atoms with Crippen molar-refractivity contribution in [2.75, 3.05) is 0 Å². The Kier molecular flexibility index (Phi) is 13.6. The van der Waals surface area contributed by atoms with Crippen LogP contribution in [-0.2, 0) is 0 Å². The molecule has 4 unspecified atom stereocenters. The van der Waals surface area contributed by atoms with Gasteiger partial charge in [0.25, 0.3) is 0 Å². The Labute approximate surface area is 136 Å². The van der Waals surface area contributed by atoms with E-state index in [1.807, 2.05) is 0 Å². The van der Waals surface area contributed by atoms with Gasteiger partial charge in [0.15, 0.2) is 0 Å². The molecule has 0 saturated heterocycles. The highest BCUT2D eigenvalue weighted by Gasteiger charge is 2.20. The molecule has 0 spiro atoms. The lowest BCUT2D eigenvalue weighted by Gasteiger charge is -2.28. The summed E-state index contributed by atoms with van der Waals surface area (Å²) in [4.78, 5) is 0. The van der Waals surface area contributed by atoms with Gasteiger partial charge in [0.1, 0.15) is 0 Å². The third-order valence-electron chi connectivity index (χ3n) is 5.65. The van der Waals surface area contributed by atoms with Crippen LogP contribution in [0.5, 0.6) is 0 Å². The van der Waals surface area contributed by atoms with Gasteiger partial charge in [-0.1, -0.05) is 106 Å². The van der Waals surface area contributed by atoms with Crippen LogP contribution in [-0.4, -0.2) is 0 Å². The zero-order valence-electron chi connectivity index (χ0n) is 16.1. The molecule has 0 aromatic carbocycles. The molecular formula is C21H44. The van der Waals surface area contributed by atoms with E-state index in [9.17, 15) is 0 Å². The molecule has 0 aromatic heterocycles. The summed E-state index contributed by atoms with van der Waals surface area (Å²) in [6, 6.07) is 0. The van der Waals surface area contributed by atoms with E-state index in [4.69, 9.17) is 0 Å². The van der Waals surface area contributed by atoms with E-state index >= 15 is 0 Å². The third-order valence-corrected chi connectivity index (χ3v) is 5.65. The van der Waals surface area contributed by atoms with Crippen molar-refractivity contribution in [3.63, 3.8) is 0 Å². The van der Waals surface area contributed by atoms with E-state index < -0.39 is 0 Å². The molecule has 0 heterocycles. The Bertz CT molecular complexity index is 208. The Balaban J connectivity index is 4.14. The first-order valence-electron chi connectivity index (χ1n) is 10.1. The van der Waals surface area contributed by atoms with Gasteiger partial charge >= 0.3 is 0 Å². The normalized spacial score (nSPS) is 17.4. The standard InChI is InChI=1S/C21H44/c1-7-11-12-14-20(9-3)17-21(10-4)19(6)16-15-18(5)13-8-2/h18-21H,7-17H2,1-6H3. The van der Waals surface area contributed by atoms with E-state index in [0.717, 1.165) is 23.7 Å². The Morgan fingerprint density at radius 2 is 1.38 bits per heavy atom. The summed E-state index contributed by atoms with van der Waals surface area (Å²) < 4.78 is 0. The average Bonchev–Trinajstić information content (AvgIpc) is 2.48. The zero-order valence-corrected chi connectivity index (χ0v) is 16.1. The second-order valence-corrected chi connectivity index (χ2v) is 7.62. The van der Waals surface area contributed by atoms with E-state index in [2.05, 4.69) is 41.5 Å². The van der Waals surface area contributed by atoms with Gasteiger partial charge in [0, 0.05) is 0 Å². The van der Waals surface area contributed by atoms with Crippen molar-refractivity contribution in [2.24, 2.45) is 23.7 Å². The van der Waals surface area contributed by atoms with Crippen molar-refractivity contribution in [3.8, 4) is 0 Å². The van der Waals surface area contributed by atoms with Crippen molar-refractivity contribution in [1.82, 2.24) is 0 Å². The Morgan fingerprint density at radius 1 is 0.667 bits per heavy atom. The highest BCUT2D eigenvalue weighted by Crippen LogP contribution is 2.32. The molecule has 0 rings (SSSR count). The predicted octanol–water partition coefficient (Wildman–Crippen LogP) is 7.86. The van der Waals surface area contributed by atoms with Crippen LogP contribution in [0.15, 0.2) is 0 Å². The third kappa shape index (κ3) is 10.4. The minimum absolute atomic E-state index is 0.925. The summed E-state index contributed by atoms with van der Waals surface area (Å²) in [5.74, 6) is 3.80. The molecule has 4 atom stereocenters. The maximum atomic E-state index is 2.52. The second kappa shape index (κ2) is 13.6. The number of hydrogen-bond donors (Lipinski definition) is 0. The summed E-state index contributed by atoms with van der Waals surface area (Å²) in [7, 11) is 0. The lowest BCUT2D eigenvalue weighted by Crippen LogP contribution is -2.16. The zero-order chi connectivity index (χ0) is 16.1. The van der Waals surface area contributed by atoms with E-state index in [0.29, 0.717) is 0 Å². The molecule has 0 aliphatic carbocycles. The van der Waals surface area contributed by atoms with Crippen LogP contribution in [0, 0.1) is 23.7 Å². The van der Waals surface area contributed by atoms with Gasteiger partial charge in [-0.25, -0.2) is 0 Å². The first kappa shape index (κ1) is 21.0. The molecule has 0 N–H and O–H groups in total. The summed E-state index contributed by atoms with van der Waals surface area (Å²) in [5.41, 5.74) is 0. The van der Waals surface area contributed by atoms with Crippen molar-refractivity contribution in [3.05, 3.63) is 0 Å². The van der Waals surface area contributed by atoms with E-state index in [1.54, 1.807) is 0 Å². The molecule has 21 heavy (non-hydrogen) atoms. The largest absolute Gasteiger partial charge is 0.0654 e. The minimum atomic E-state index is 0.925. The summed E-state index contributed by atoms with van der Waals surface area (Å²) in [5, 5.41) is 0. The SMILES string of the molecule is CCCCCC(CC)CC(CC)C(C)CCC(C)CCC. The van der Waals surface area contributed by atoms with Gasteiger partial charge in [-0.3, -0.25) is 0 Å². The molecule has 0 aromatic rings. The first-order chi connectivity index (χ1) is 10.1. The summed E-state index contributed by atoms with van der Waals surface area (Å²) in [6.07, 6.45) is 15.6. The molecule has 0 nitrogen and oxygen atoms in total. The average molecular weight is 297 g/mol. The number of hydrogen-bond acceptors (Lipinski definition) is 0. The molecule has 0 fully saturated rings. The molecule has 0 amide bonds. The van der Waals surface area contributed by atoms with Gasteiger partial charge in [-0.15, -0.1) is 0 Å². The highest BCUT2D eigenvalue weighted by atomic mass is 14.3. The number of unbranched alkanes of at least 4 members (excludes halogenated alkanes) is 2. The first-order valence-corrected chi connectivity index (χ1v) is 10.1. The molecule has 0 aliphatic rings. The molecule has 0 bridgehead atoms. The molecule has 0 saturated carbocycles. The Hall–Kier alpha value is 0. The lowest BCUT2D eigenvalue weighted by molar-refractivity contribution is 0.236. The summed E-state index contributed by atoms with van der Waals surface area (Å²) in [6.45, 7) is 14.4. The van der Waals surface area contributed by atoms with Gasteiger partial charge in [0.05, 0.1) is 0 Å². The van der Waals surface area contributed by atoms with Crippen LogP contribution >= 0.6 is 0 Å².